The Kier molecular flexibility index (Phi) is 9.32. The Balaban J connectivity index is 1.69. The number of nitrogens with one attached hydrogen (secondary N) is 1. The van der Waals surface area contributed by atoms with Crippen molar-refractivity contribution in [2.75, 3.05) is 13.2 Å². The number of cyclic esters (lactones) is 1. The van der Waals surface area contributed by atoms with Gasteiger partial charge in [0.15, 0.2) is 5.78 Å². The number of rotatable bonds is 14. The molecule has 1 fully saturated rings. The van der Waals surface area contributed by atoms with Crippen molar-refractivity contribution < 1.29 is 19.1 Å². The second-order valence-electron chi connectivity index (χ2n) is 7.81. The SMILES string of the molecule is CCCCCCCCCCOc1cccc(CCC2(C(C)=O)COC(=O)N2)c1. The molecule has 1 saturated heterocycles. The van der Waals surface area contributed by atoms with E-state index in [2.05, 4.69) is 12.2 Å². The van der Waals surface area contributed by atoms with Gasteiger partial charge in [-0.25, -0.2) is 4.79 Å². The summed E-state index contributed by atoms with van der Waals surface area (Å²) in [6, 6.07) is 7.99. The van der Waals surface area contributed by atoms with E-state index in [0.29, 0.717) is 12.8 Å². The van der Waals surface area contributed by atoms with E-state index >= 15 is 0 Å². The molecular formula is C23H35NO4. The highest BCUT2D eigenvalue weighted by atomic mass is 16.6. The van der Waals surface area contributed by atoms with Crippen molar-refractivity contribution in [1.29, 1.82) is 0 Å². The molecule has 5 nitrogen and oxygen atoms in total. The molecule has 156 valence electrons. The van der Waals surface area contributed by atoms with Gasteiger partial charge in [-0.05, 0) is 43.9 Å². The zero-order valence-corrected chi connectivity index (χ0v) is 17.4. The quantitative estimate of drug-likeness (QED) is 0.444. The lowest BCUT2D eigenvalue weighted by atomic mass is 9.89. The van der Waals surface area contributed by atoms with Gasteiger partial charge in [0.2, 0.25) is 0 Å². The Hall–Kier alpha value is -2.04. The van der Waals surface area contributed by atoms with Gasteiger partial charge in [0.25, 0.3) is 0 Å². The second kappa shape index (κ2) is 11.7. The summed E-state index contributed by atoms with van der Waals surface area (Å²) in [4.78, 5) is 23.4. The number of ether oxygens (including phenoxy) is 2. The molecule has 1 N–H and O–H groups in total. The van der Waals surface area contributed by atoms with E-state index in [0.717, 1.165) is 24.3 Å². The molecule has 1 amide bonds. The summed E-state index contributed by atoms with van der Waals surface area (Å²) in [5.74, 6) is 0.796. The average Bonchev–Trinajstić information content (AvgIpc) is 3.08. The number of ketones is 1. The minimum Gasteiger partial charge on any atom is -0.494 e. The van der Waals surface area contributed by atoms with Crippen molar-refractivity contribution in [2.24, 2.45) is 0 Å². The van der Waals surface area contributed by atoms with Gasteiger partial charge in [0.05, 0.1) is 6.61 Å². The van der Waals surface area contributed by atoms with Crippen LogP contribution in [-0.4, -0.2) is 30.6 Å². The Morgan fingerprint density at radius 2 is 1.86 bits per heavy atom. The zero-order chi connectivity index (χ0) is 20.2. The van der Waals surface area contributed by atoms with Gasteiger partial charge in [-0.3, -0.25) is 4.79 Å². The van der Waals surface area contributed by atoms with Crippen LogP contribution in [0.25, 0.3) is 0 Å². The number of Topliss-reactive ketones (excluding diaryl/α,β-unsaturated/α-hetero) is 1. The van der Waals surface area contributed by atoms with Crippen LogP contribution in [0.4, 0.5) is 4.79 Å². The number of unbranched alkanes of at least 4 members (excludes halogenated alkanes) is 7. The van der Waals surface area contributed by atoms with E-state index in [1.165, 1.54) is 51.9 Å². The molecule has 1 aliphatic heterocycles. The molecular weight excluding hydrogens is 354 g/mol. The molecule has 5 heteroatoms. The first-order valence-electron chi connectivity index (χ1n) is 10.7. The van der Waals surface area contributed by atoms with Gasteiger partial charge in [-0.2, -0.15) is 0 Å². The van der Waals surface area contributed by atoms with Crippen LogP contribution in [0.2, 0.25) is 0 Å². The summed E-state index contributed by atoms with van der Waals surface area (Å²) in [5, 5.41) is 2.68. The molecule has 1 aromatic rings. The van der Waals surface area contributed by atoms with Gasteiger partial charge in [-0.15, -0.1) is 0 Å². The predicted molar refractivity (Wildman–Crippen MR) is 111 cm³/mol. The second-order valence-corrected chi connectivity index (χ2v) is 7.81. The van der Waals surface area contributed by atoms with E-state index in [9.17, 15) is 9.59 Å². The van der Waals surface area contributed by atoms with Crippen LogP contribution in [0.5, 0.6) is 5.75 Å². The first-order valence-corrected chi connectivity index (χ1v) is 10.7. The third kappa shape index (κ3) is 7.17. The summed E-state index contributed by atoms with van der Waals surface area (Å²) >= 11 is 0. The van der Waals surface area contributed by atoms with E-state index in [-0.39, 0.29) is 12.4 Å². The summed E-state index contributed by atoms with van der Waals surface area (Å²) in [6.45, 7) is 4.59. The van der Waals surface area contributed by atoms with Gasteiger partial charge in [-0.1, -0.05) is 64.0 Å². The first-order chi connectivity index (χ1) is 13.6. The fourth-order valence-electron chi connectivity index (χ4n) is 3.53. The highest BCUT2D eigenvalue weighted by Gasteiger charge is 2.43. The fraction of sp³-hybridized carbons (Fsp3) is 0.652. The van der Waals surface area contributed by atoms with E-state index in [4.69, 9.17) is 9.47 Å². The topological polar surface area (TPSA) is 64.6 Å². The number of carbonyl (C=O) groups is 2. The predicted octanol–water partition coefficient (Wildman–Crippen LogP) is 5.21. The smallest absolute Gasteiger partial charge is 0.408 e. The Morgan fingerprint density at radius 3 is 2.50 bits per heavy atom. The highest BCUT2D eigenvalue weighted by molar-refractivity contribution is 5.92. The third-order valence-corrected chi connectivity index (χ3v) is 5.47. The average molecular weight is 390 g/mol. The van der Waals surface area contributed by atoms with Crippen molar-refractivity contribution in [3.8, 4) is 5.75 Å². The number of carbonyl (C=O) groups excluding carboxylic acids is 2. The summed E-state index contributed by atoms with van der Waals surface area (Å²) in [7, 11) is 0. The minimum atomic E-state index is -0.898. The van der Waals surface area contributed by atoms with Crippen LogP contribution < -0.4 is 10.1 Å². The van der Waals surface area contributed by atoms with Crippen LogP contribution >= 0.6 is 0 Å². The van der Waals surface area contributed by atoms with Crippen LogP contribution in [0.15, 0.2) is 24.3 Å². The zero-order valence-electron chi connectivity index (χ0n) is 17.4. The van der Waals surface area contributed by atoms with Gasteiger partial charge >= 0.3 is 6.09 Å². The summed E-state index contributed by atoms with van der Waals surface area (Å²) < 4.78 is 10.9. The number of aryl methyl sites for hydroxylation is 1. The minimum absolute atomic E-state index is 0.0690. The Labute approximate surface area is 169 Å². The molecule has 28 heavy (non-hydrogen) atoms. The molecule has 0 bridgehead atoms. The molecule has 0 aromatic heterocycles. The molecule has 1 unspecified atom stereocenters. The molecule has 1 aliphatic rings. The number of benzene rings is 1. The van der Waals surface area contributed by atoms with Gasteiger partial charge < -0.3 is 14.8 Å². The number of alkyl carbamates (subject to hydrolysis) is 1. The number of hydrogen-bond donors (Lipinski definition) is 1. The molecule has 2 rings (SSSR count). The number of hydrogen-bond acceptors (Lipinski definition) is 4. The van der Waals surface area contributed by atoms with Gasteiger partial charge in [0.1, 0.15) is 17.9 Å². The molecule has 0 radical (unpaired) electrons. The largest absolute Gasteiger partial charge is 0.494 e. The molecule has 1 aromatic carbocycles. The summed E-state index contributed by atoms with van der Waals surface area (Å²) in [6.07, 6.45) is 11.0. The lowest BCUT2D eigenvalue weighted by Gasteiger charge is -2.23. The van der Waals surface area contributed by atoms with E-state index in [1.807, 2.05) is 24.3 Å². The van der Waals surface area contributed by atoms with Crippen molar-refractivity contribution in [2.45, 2.75) is 83.6 Å². The Morgan fingerprint density at radius 1 is 1.14 bits per heavy atom. The molecule has 0 saturated carbocycles. The monoisotopic (exact) mass is 389 g/mol. The van der Waals surface area contributed by atoms with Crippen LogP contribution in [0.1, 0.15) is 77.2 Å². The number of amides is 1. The first kappa shape index (κ1) is 22.3. The van der Waals surface area contributed by atoms with Crippen LogP contribution in [0, 0.1) is 0 Å². The highest BCUT2D eigenvalue weighted by Crippen LogP contribution is 2.23. The van der Waals surface area contributed by atoms with Crippen molar-refractivity contribution >= 4 is 11.9 Å². The van der Waals surface area contributed by atoms with Crippen molar-refractivity contribution in [1.82, 2.24) is 5.32 Å². The maximum absolute atomic E-state index is 12.0. The van der Waals surface area contributed by atoms with Crippen LogP contribution in [0.3, 0.4) is 0 Å². The maximum atomic E-state index is 12.0. The van der Waals surface area contributed by atoms with Crippen molar-refractivity contribution in [3.63, 3.8) is 0 Å². The lowest BCUT2D eigenvalue weighted by molar-refractivity contribution is -0.123. The molecule has 0 aliphatic carbocycles. The molecule has 0 spiro atoms. The van der Waals surface area contributed by atoms with E-state index < -0.39 is 11.6 Å². The van der Waals surface area contributed by atoms with E-state index in [1.54, 1.807) is 0 Å². The standard InChI is InChI=1S/C23H35NO4/c1-3-4-5-6-7-8-9-10-16-27-21-13-11-12-20(17-21)14-15-23(19(2)25)18-28-22(26)24-23/h11-13,17H,3-10,14-16,18H2,1-2H3,(H,24,26). The molecule has 1 heterocycles. The lowest BCUT2D eigenvalue weighted by Crippen LogP contribution is -2.50. The molecule has 1 atom stereocenters. The Bertz CT molecular complexity index is 631. The van der Waals surface area contributed by atoms with Crippen molar-refractivity contribution in [3.05, 3.63) is 29.8 Å². The van der Waals surface area contributed by atoms with Crippen LogP contribution in [-0.2, 0) is 16.0 Å². The van der Waals surface area contributed by atoms with Gasteiger partial charge in [0, 0.05) is 0 Å². The fourth-order valence-corrected chi connectivity index (χ4v) is 3.53. The third-order valence-electron chi connectivity index (χ3n) is 5.47. The maximum Gasteiger partial charge on any atom is 0.408 e. The summed E-state index contributed by atoms with van der Waals surface area (Å²) in [5.41, 5.74) is 0.195. The normalized spacial score (nSPS) is 18.6.